The van der Waals surface area contributed by atoms with Crippen LogP contribution in [0.5, 0.6) is 5.75 Å². The van der Waals surface area contributed by atoms with Crippen molar-refractivity contribution < 1.29 is 13.9 Å². The van der Waals surface area contributed by atoms with Crippen molar-refractivity contribution in [2.75, 3.05) is 13.7 Å². The zero-order valence-corrected chi connectivity index (χ0v) is 16.8. The first kappa shape index (κ1) is 20.0. The van der Waals surface area contributed by atoms with E-state index in [-0.39, 0.29) is 5.91 Å². The lowest BCUT2D eigenvalue weighted by Crippen LogP contribution is -2.26. The summed E-state index contributed by atoms with van der Waals surface area (Å²) >= 11 is 6.18. The molecule has 2 aromatic carbocycles. The van der Waals surface area contributed by atoms with Crippen LogP contribution in [-0.2, 0) is 17.8 Å². The van der Waals surface area contributed by atoms with Gasteiger partial charge in [0.15, 0.2) is 11.7 Å². The number of aryl methyl sites for hydroxylation is 1. The minimum Gasteiger partial charge on any atom is -0.494 e. The normalized spacial score (nSPS) is 10.7. The molecule has 0 unspecified atom stereocenters. The second-order valence-electron chi connectivity index (χ2n) is 6.42. The number of carbonyl (C=O) groups excluding carboxylic acids is 1. The Kier molecular flexibility index (Phi) is 6.71. The minimum absolute atomic E-state index is 0.0337. The third-order valence-electron chi connectivity index (χ3n) is 4.33. The van der Waals surface area contributed by atoms with Gasteiger partial charge in [0.05, 0.1) is 17.8 Å². The first-order valence-corrected chi connectivity index (χ1v) is 9.60. The first-order chi connectivity index (χ1) is 13.6. The van der Waals surface area contributed by atoms with Gasteiger partial charge in [-0.3, -0.25) is 4.79 Å². The lowest BCUT2D eigenvalue weighted by Gasteiger charge is -2.17. The van der Waals surface area contributed by atoms with E-state index in [1.807, 2.05) is 49.4 Å². The fourth-order valence-corrected chi connectivity index (χ4v) is 3.06. The number of aromatic nitrogens is 1. The number of amides is 1. The highest BCUT2D eigenvalue weighted by Gasteiger charge is 2.13. The maximum Gasteiger partial charge on any atom is 0.223 e. The van der Waals surface area contributed by atoms with Gasteiger partial charge in [-0.15, -0.1) is 0 Å². The molecule has 3 rings (SSSR count). The summed E-state index contributed by atoms with van der Waals surface area (Å²) in [5.74, 6) is 2.00. The molecule has 1 heterocycles. The Balaban J connectivity index is 1.53. The molecule has 0 saturated carbocycles. The second kappa shape index (κ2) is 9.42. The Labute approximate surface area is 169 Å². The highest BCUT2D eigenvalue weighted by Crippen LogP contribution is 2.28. The number of carbonyl (C=O) groups is 1. The van der Waals surface area contributed by atoms with Gasteiger partial charge < -0.3 is 14.1 Å². The van der Waals surface area contributed by atoms with Crippen LogP contribution in [0.2, 0.25) is 5.02 Å². The zero-order chi connectivity index (χ0) is 19.9. The van der Waals surface area contributed by atoms with Crippen LogP contribution in [0.3, 0.4) is 0 Å². The monoisotopic (exact) mass is 398 g/mol. The number of benzene rings is 2. The number of hydrogen-bond donors (Lipinski definition) is 0. The Hall–Kier alpha value is -2.79. The zero-order valence-electron chi connectivity index (χ0n) is 16.0. The molecule has 0 spiro atoms. The third-order valence-corrected chi connectivity index (χ3v) is 4.66. The summed E-state index contributed by atoms with van der Waals surface area (Å²) in [5, 5.41) is 0.608. The predicted molar refractivity (Wildman–Crippen MR) is 109 cm³/mol. The first-order valence-electron chi connectivity index (χ1n) is 9.22. The molecule has 0 aliphatic heterocycles. The average molecular weight is 399 g/mol. The lowest BCUT2D eigenvalue weighted by atomic mass is 10.2. The van der Waals surface area contributed by atoms with E-state index in [1.54, 1.807) is 24.2 Å². The van der Waals surface area contributed by atoms with E-state index in [4.69, 9.17) is 20.8 Å². The van der Waals surface area contributed by atoms with Crippen LogP contribution < -0.4 is 4.74 Å². The Bertz CT molecular complexity index is 922. The van der Waals surface area contributed by atoms with Crippen molar-refractivity contribution >= 4 is 17.5 Å². The molecule has 0 saturated heterocycles. The molecule has 5 nitrogen and oxygen atoms in total. The van der Waals surface area contributed by atoms with Crippen LogP contribution in [0, 0.1) is 0 Å². The molecule has 0 fully saturated rings. The van der Waals surface area contributed by atoms with E-state index in [1.165, 1.54) is 0 Å². The summed E-state index contributed by atoms with van der Waals surface area (Å²) in [6, 6.07) is 15.2. The van der Waals surface area contributed by atoms with Crippen molar-refractivity contribution in [3.8, 4) is 17.1 Å². The van der Waals surface area contributed by atoms with Crippen LogP contribution in [0.15, 0.2) is 59.1 Å². The van der Waals surface area contributed by atoms with E-state index in [0.717, 1.165) is 16.9 Å². The van der Waals surface area contributed by atoms with Gasteiger partial charge in [-0.2, -0.15) is 0 Å². The number of ether oxygens (including phenoxy) is 1. The van der Waals surface area contributed by atoms with Crippen LogP contribution in [-0.4, -0.2) is 29.4 Å². The van der Waals surface area contributed by atoms with Crippen molar-refractivity contribution in [3.05, 3.63) is 71.2 Å². The number of halogens is 1. The summed E-state index contributed by atoms with van der Waals surface area (Å²) in [6.07, 6.45) is 2.41. The maximum absolute atomic E-state index is 12.4. The molecule has 0 radical (unpaired) electrons. The van der Waals surface area contributed by atoms with E-state index in [9.17, 15) is 4.79 Å². The standard InChI is InChI=1S/C22H23ClN2O3/c1-3-27-17-10-8-16(9-11-17)15-25(2)22(26)13-12-21-24-14-20(28-21)18-6-4-5-7-19(18)23/h4-11,14H,3,12-13,15H2,1-2H3. The summed E-state index contributed by atoms with van der Waals surface area (Å²) in [4.78, 5) is 18.4. The Morgan fingerprint density at radius 3 is 2.64 bits per heavy atom. The van der Waals surface area contributed by atoms with Crippen LogP contribution in [0.4, 0.5) is 0 Å². The molecular formula is C22H23ClN2O3. The molecule has 28 heavy (non-hydrogen) atoms. The van der Waals surface area contributed by atoms with Crippen LogP contribution in [0.1, 0.15) is 24.8 Å². The van der Waals surface area contributed by atoms with Crippen LogP contribution in [0.25, 0.3) is 11.3 Å². The maximum atomic E-state index is 12.4. The smallest absolute Gasteiger partial charge is 0.223 e. The topological polar surface area (TPSA) is 55.6 Å². The van der Waals surface area contributed by atoms with Gasteiger partial charge in [-0.1, -0.05) is 35.9 Å². The van der Waals surface area contributed by atoms with Crippen molar-refractivity contribution in [1.29, 1.82) is 0 Å². The number of oxazole rings is 1. The van der Waals surface area contributed by atoms with Crippen molar-refractivity contribution in [2.24, 2.45) is 0 Å². The molecule has 0 aliphatic carbocycles. The van der Waals surface area contributed by atoms with E-state index in [0.29, 0.717) is 42.7 Å². The Morgan fingerprint density at radius 1 is 1.18 bits per heavy atom. The molecule has 0 N–H and O–H groups in total. The van der Waals surface area contributed by atoms with Crippen LogP contribution >= 0.6 is 11.6 Å². The fourth-order valence-electron chi connectivity index (χ4n) is 2.84. The van der Waals surface area contributed by atoms with E-state index < -0.39 is 0 Å². The second-order valence-corrected chi connectivity index (χ2v) is 6.83. The number of hydrogen-bond acceptors (Lipinski definition) is 4. The lowest BCUT2D eigenvalue weighted by molar-refractivity contribution is -0.130. The SMILES string of the molecule is CCOc1ccc(CN(C)C(=O)CCc2ncc(-c3ccccc3Cl)o2)cc1. The fraction of sp³-hybridized carbons (Fsp3) is 0.273. The van der Waals surface area contributed by atoms with Gasteiger partial charge in [0.25, 0.3) is 0 Å². The predicted octanol–water partition coefficient (Wildman–Crippen LogP) is 4.98. The summed E-state index contributed by atoms with van der Waals surface area (Å²) in [5.41, 5.74) is 1.85. The molecule has 146 valence electrons. The average Bonchev–Trinajstić information content (AvgIpc) is 3.17. The molecule has 0 atom stereocenters. The largest absolute Gasteiger partial charge is 0.494 e. The molecular weight excluding hydrogens is 376 g/mol. The van der Waals surface area contributed by atoms with Gasteiger partial charge in [-0.25, -0.2) is 4.98 Å². The summed E-state index contributed by atoms with van der Waals surface area (Å²) in [7, 11) is 1.80. The van der Waals surface area contributed by atoms with E-state index >= 15 is 0 Å². The number of rotatable bonds is 8. The molecule has 1 aromatic heterocycles. The molecule has 3 aromatic rings. The third kappa shape index (κ3) is 5.14. The minimum atomic E-state index is 0.0337. The highest BCUT2D eigenvalue weighted by atomic mass is 35.5. The van der Waals surface area contributed by atoms with E-state index in [2.05, 4.69) is 4.98 Å². The number of nitrogens with zero attached hydrogens (tertiary/aromatic N) is 2. The van der Waals surface area contributed by atoms with Crippen molar-refractivity contribution in [2.45, 2.75) is 26.3 Å². The highest BCUT2D eigenvalue weighted by molar-refractivity contribution is 6.33. The molecule has 6 heteroatoms. The molecule has 0 aliphatic rings. The Morgan fingerprint density at radius 2 is 1.93 bits per heavy atom. The quantitative estimate of drug-likeness (QED) is 0.536. The van der Waals surface area contributed by atoms with Gasteiger partial charge in [-0.05, 0) is 36.8 Å². The van der Waals surface area contributed by atoms with Gasteiger partial charge in [0.1, 0.15) is 5.75 Å². The van der Waals surface area contributed by atoms with Crippen molar-refractivity contribution in [1.82, 2.24) is 9.88 Å². The molecule has 0 bridgehead atoms. The van der Waals surface area contributed by atoms with Gasteiger partial charge in [0, 0.05) is 32.0 Å². The van der Waals surface area contributed by atoms with Gasteiger partial charge >= 0.3 is 0 Å². The summed E-state index contributed by atoms with van der Waals surface area (Å²) in [6.45, 7) is 3.13. The van der Waals surface area contributed by atoms with Gasteiger partial charge in [0.2, 0.25) is 5.91 Å². The molecule has 1 amide bonds. The van der Waals surface area contributed by atoms with Crippen molar-refractivity contribution in [3.63, 3.8) is 0 Å². The summed E-state index contributed by atoms with van der Waals surface area (Å²) < 4.78 is 11.2.